The zero-order chi connectivity index (χ0) is 23.1. The van der Waals surface area contributed by atoms with Crippen molar-refractivity contribution in [2.45, 2.75) is 45.5 Å². The first-order chi connectivity index (χ1) is 15.4. The third-order valence-corrected chi connectivity index (χ3v) is 6.22. The number of aryl methyl sites for hydroxylation is 1. The number of esters is 1. The van der Waals surface area contributed by atoms with Crippen LogP contribution in [0.2, 0.25) is 0 Å². The summed E-state index contributed by atoms with van der Waals surface area (Å²) in [5.74, 6) is 0.495. The highest BCUT2D eigenvalue weighted by Crippen LogP contribution is 2.25. The number of imidazole rings is 1. The molecule has 2 heterocycles. The summed E-state index contributed by atoms with van der Waals surface area (Å²) in [7, 11) is 0. The Hall–Kier alpha value is -2.10. The average molecular weight is 463 g/mol. The van der Waals surface area contributed by atoms with Crippen LogP contribution in [0.15, 0.2) is 23.4 Å². The predicted octanol–water partition coefficient (Wildman–Crippen LogP) is 2.80. The molecule has 8 nitrogen and oxygen atoms in total. The molecule has 1 N–H and O–H groups in total. The van der Waals surface area contributed by atoms with Crippen molar-refractivity contribution in [3.05, 3.63) is 23.8 Å². The van der Waals surface area contributed by atoms with Crippen LogP contribution in [0.4, 0.5) is 0 Å². The van der Waals surface area contributed by atoms with Crippen molar-refractivity contribution < 1.29 is 19.1 Å². The monoisotopic (exact) mass is 462 g/mol. The summed E-state index contributed by atoms with van der Waals surface area (Å²) in [6, 6.07) is 5.38. The molecule has 1 amide bonds. The molecular weight excluding hydrogens is 428 g/mol. The van der Waals surface area contributed by atoms with Crippen molar-refractivity contribution >= 4 is 34.7 Å². The molecule has 1 aliphatic rings. The molecule has 1 aromatic carbocycles. The molecule has 0 saturated carbocycles. The smallest absolute Gasteiger partial charge is 0.338 e. The Bertz CT molecular complexity index is 930. The van der Waals surface area contributed by atoms with Gasteiger partial charge in [0.05, 0.1) is 41.7 Å². The molecule has 0 bridgehead atoms. The first kappa shape index (κ1) is 24.5. The number of ether oxygens (including phenoxy) is 2. The summed E-state index contributed by atoms with van der Waals surface area (Å²) in [4.78, 5) is 31.5. The van der Waals surface area contributed by atoms with Gasteiger partial charge in [-0.05, 0) is 38.0 Å². The number of thioether (sulfide) groups is 1. The van der Waals surface area contributed by atoms with Crippen molar-refractivity contribution in [3.8, 4) is 0 Å². The second-order valence-electron chi connectivity index (χ2n) is 8.30. The lowest BCUT2D eigenvalue weighted by Crippen LogP contribution is -2.48. The van der Waals surface area contributed by atoms with Gasteiger partial charge in [-0.3, -0.25) is 9.69 Å². The van der Waals surface area contributed by atoms with E-state index in [-0.39, 0.29) is 23.7 Å². The maximum absolute atomic E-state index is 12.4. The molecule has 1 aliphatic heterocycles. The van der Waals surface area contributed by atoms with E-state index in [1.807, 2.05) is 13.0 Å². The minimum Gasteiger partial charge on any atom is -0.462 e. The molecule has 0 aliphatic carbocycles. The van der Waals surface area contributed by atoms with Crippen LogP contribution in [-0.2, 0) is 20.8 Å². The Balaban J connectivity index is 1.55. The highest BCUT2D eigenvalue weighted by Gasteiger charge is 2.22. The van der Waals surface area contributed by atoms with Crippen LogP contribution in [0, 0.1) is 5.92 Å². The Morgan fingerprint density at radius 3 is 2.88 bits per heavy atom. The Morgan fingerprint density at radius 1 is 1.34 bits per heavy atom. The van der Waals surface area contributed by atoms with Crippen molar-refractivity contribution in [3.63, 3.8) is 0 Å². The third-order valence-electron chi connectivity index (χ3n) is 5.25. The fourth-order valence-corrected chi connectivity index (χ4v) is 4.77. The predicted molar refractivity (Wildman–Crippen MR) is 126 cm³/mol. The van der Waals surface area contributed by atoms with Gasteiger partial charge < -0.3 is 19.4 Å². The largest absolute Gasteiger partial charge is 0.462 e. The van der Waals surface area contributed by atoms with Crippen LogP contribution >= 0.6 is 11.8 Å². The number of aromatic nitrogens is 2. The van der Waals surface area contributed by atoms with E-state index < -0.39 is 0 Å². The fourth-order valence-electron chi connectivity index (χ4n) is 3.86. The van der Waals surface area contributed by atoms with Gasteiger partial charge in [0.25, 0.3) is 0 Å². The summed E-state index contributed by atoms with van der Waals surface area (Å²) in [5, 5.41) is 3.76. The second kappa shape index (κ2) is 11.7. The normalized spacial score (nSPS) is 17.1. The molecule has 176 valence electrons. The van der Waals surface area contributed by atoms with E-state index in [2.05, 4.69) is 33.6 Å². The van der Waals surface area contributed by atoms with E-state index >= 15 is 0 Å². The quantitative estimate of drug-likeness (QED) is 0.429. The van der Waals surface area contributed by atoms with Crippen LogP contribution in [0.5, 0.6) is 0 Å². The number of amides is 1. The van der Waals surface area contributed by atoms with Gasteiger partial charge >= 0.3 is 5.97 Å². The zero-order valence-electron chi connectivity index (χ0n) is 19.4. The summed E-state index contributed by atoms with van der Waals surface area (Å²) in [6.45, 7) is 13.4. The van der Waals surface area contributed by atoms with Crippen LogP contribution in [0.3, 0.4) is 0 Å². The average Bonchev–Trinajstić information content (AvgIpc) is 3.13. The molecular formula is C23H34N4O4S. The van der Waals surface area contributed by atoms with E-state index in [0.717, 1.165) is 42.4 Å². The molecule has 2 aromatic rings. The first-order valence-electron chi connectivity index (χ1n) is 11.3. The number of fused-ring (bicyclic) bond motifs is 1. The van der Waals surface area contributed by atoms with Crippen LogP contribution in [-0.4, -0.2) is 77.6 Å². The van der Waals surface area contributed by atoms with Crippen LogP contribution in [0.25, 0.3) is 11.0 Å². The van der Waals surface area contributed by atoms with Crippen LogP contribution in [0.1, 0.15) is 38.1 Å². The Morgan fingerprint density at radius 2 is 2.16 bits per heavy atom. The lowest BCUT2D eigenvalue weighted by Gasteiger charge is -2.33. The van der Waals surface area contributed by atoms with E-state index in [9.17, 15) is 9.59 Å². The van der Waals surface area contributed by atoms with E-state index in [1.54, 1.807) is 19.1 Å². The number of morpholine rings is 1. The molecule has 9 heteroatoms. The number of benzene rings is 1. The zero-order valence-corrected chi connectivity index (χ0v) is 20.2. The van der Waals surface area contributed by atoms with Crippen molar-refractivity contribution in [2.75, 3.05) is 45.1 Å². The molecule has 32 heavy (non-hydrogen) atoms. The molecule has 1 fully saturated rings. The molecule has 0 spiro atoms. The number of carbonyl (C=O) groups is 2. The first-order valence-corrected chi connectivity index (χ1v) is 12.3. The Labute approximate surface area is 194 Å². The van der Waals surface area contributed by atoms with E-state index in [4.69, 9.17) is 9.47 Å². The third kappa shape index (κ3) is 6.46. The van der Waals surface area contributed by atoms with Crippen molar-refractivity contribution in [1.82, 2.24) is 19.8 Å². The summed E-state index contributed by atoms with van der Waals surface area (Å²) >= 11 is 1.40. The number of nitrogens with zero attached hydrogens (tertiary/aromatic N) is 3. The SMILES string of the molecule is CCOC(=O)c1ccc2c(c1)nc(SCC(=O)NCC1CN(CC(C)C)CCO1)n2CC. The van der Waals surface area contributed by atoms with Gasteiger partial charge in [0.1, 0.15) is 0 Å². The minimum atomic E-state index is -0.356. The number of hydrogen-bond acceptors (Lipinski definition) is 7. The number of carbonyl (C=O) groups excluding carboxylic acids is 2. The van der Waals surface area contributed by atoms with Crippen molar-refractivity contribution in [2.24, 2.45) is 5.92 Å². The van der Waals surface area contributed by atoms with Gasteiger partial charge in [0.2, 0.25) is 5.91 Å². The van der Waals surface area contributed by atoms with Gasteiger partial charge in [-0.1, -0.05) is 25.6 Å². The molecule has 1 unspecified atom stereocenters. The number of nitrogens with one attached hydrogen (secondary N) is 1. The summed E-state index contributed by atoms with van der Waals surface area (Å²) in [6.07, 6.45) is 0.0259. The summed E-state index contributed by atoms with van der Waals surface area (Å²) in [5.41, 5.74) is 2.14. The standard InChI is InChI=1S/C23H34N4O4S/c1-5-27-20-8-7-17(22(29)30-6-2)11-19(20)25-23(27)32-15-21(28)24-12-18-14-26(9-10-31-18)13-16(3)4/h7-8,11,16,18H,5-6,9-10,12-15H2,1-4H3,(H,24,28). The topological polar surface area (TPSA) is 85.7 Å². The maximum atomic E-state index is 12.4. The minimum absolute atomic E-state index is 0.0259. The molecule has 0 radical (unpaired) electrons. The van der Waals surface area contributed by atoms with Crippen LogP contribution < -0.4 is 5.32 Å². The fraction of sp³-hybridized carbons (Fsp3) is 0.609. The number of hydrogen-bond donors (Lipinski definition) is 1. The highest BCUT2D eigenvalue weighted by atomic mass is 32.2. The van der Waals surface area contributed by atoms with E-state index in [1.165, 1.54) is 11.8 Å². The lowest BCUT2D eigenvalue weighted by atomic mass is 10.2. The Kier molecular flexibility index (Phi) is 8.95. The van der Waals surface area contributed by atoms with Gasteiger partial charge in [-0.25, -0.2) is 9.78 Å². The van der Waals surface area contributed by atoms with E-state index in [0.29, 0.717) is 31.2 Å². The summed E-state index contributed by atoms with van der Waals surface area (Å²) < 4.78 is 12.9. The van der Waals surface area contributed by atoms with Crippen molar-refractivity contribution in [1.29, 1.82) is 0 Å². The molecule has 3 rings (SSSR count). The lowest BCUT2D eigenvalue weighted by molar-refractivity contribution is -0.119. The molecule has 1 saturated heterocycles. The van der Waals surface area contributed by atoms with Gasteiger partial charge in [0.15, 0.2) is 5.16 Å². The number of rotatable bonds is 10. The molecule has 1 atom stereocenters. The van der Waals surface area contributed by atoms with Gasteiger partial charge in [0, 0.05) is 32.7 Å². The van der Waals surface area contributed by atoms with Gasteiger partial charge in [-0.15, -0.1) is 0 Å². The maximum Gasteiger partial charge on any atom is 0.338 e. The van der Waals surface area contributed by atoms with Gasteiger partial charge in [-0.2, -0.15) is 0 Å². The second-order valence-corrected chi connectivity index (χ2v) is 9.24. The molecule has 1 aromatic heterocycles. The highest BCUT2D eigenvalue weighted by molar-refractivity contribution is 7.99.